The molecule has 1 aromatic heterocycles. The zero-order valence-corrected chi connectivity index (χ0v) is 12.7. The van der Waals surface area contributed by atoms with Gasteiger partial charge >= 0.3 is 0 Å². The first-order valence-electron chi connectivity index (χ1n) is 6.30. The number of thiazole rings is 1. The minimum atomic E-state index is -0.148. The van der Waals surface area contributed by atoms with Crippen LogP contribution in [0.5, 0.6) is 11.5 Å². The molecule has 5 heteroatoms. The highest BCUT2D eigenvalue weighted by molar-refractivity contribution is 7.15. The van der Waals surface area contributed by atoms with Crippen LogP contribution in [0.3, 0.4) is 0 Å². The average molecular weight is 318 g/mol. The molecule has 2 N–H and O–H groups in total. The molecule has 0 saturated carbocycles. The van der Waals surface area contributed by atoms with E-state index in [4.69, 9.17) is 11.6 Å². The molecule has 0 spiro atoms. The van der Waals surface area contributed by atoms with Gasteiger partial charge in [0.2, 0.25) is 0 Å². The van der Waals surface area contributed by atoms with Crippen molar-refractivity contribution in [2.24, 2.45) is 0 Å². The highest BCUT2D eigenvalue weighted by Crippen LogP contribution is 2.36. The summed E-state index contributed by atoms with van der Waals surface area (Å²) in [5, 5.41) is 20.4. The summed E-state index contributed by atoms with van der Waals surface area (Å²) in [6, 6.07) is 12.3. The molecule has 0 fully saturated rings. The maximum absolute atomic E-state index is 9.60. The molecule has 3 rings (SSSR count). The Bertz CT molecular complexity index is 814. The number of hydrogen-bond donors (Lipinski definition) is 2. The smallest absolute Gasteiger partial charge is 0.158 e. The molecule has 0 aliphatic carbocycles. The predicted octanol–water partition coefficient (Wildman–Crippen LogP) is 4.85. The highest BCUT2D eigenvalue weighted by atomic mass is 35.5. The van der Waals surface area contributed by atoms with Crippen LogP contribution in [0.1, 0.15) is 4.88 Å². The normalized spacial score (nSPS) is 10.8. The van der Waals surface area contributed by atoms with Gasteiger partial charge in [0.1, 0.15) is 5.01 Å². The van der Waals surface area contributed by atoms with Gasteiger partial charge < -0.3 is 10.2 Å². The predicted molar refractivity (Wildman–Crippen MR) is 86.1 cm³/mol. The molecule has 0 radical (unpaired) electrons. The first-order chi connectivity index (χ1) is 10.0. The molecule has 21 heavy (non-hydrogen) atoms. The molecule has 0 aliphatic heterocycles. The van der Waals surface area contributed by atoms with Gasteiger partial charge in [-0.25, -0.2) is 4.98 Å². The van der Waals surface area contributed by atoms with Crippen molar-refractivity contribution in [1.82, 2.24) is 4.98 Å². The molecule has 2 aromatic carbocycles. The van der Waals surface area contributed by atoms with E-state index in [1.165, 1.54) is 23.5 Å². The first kappa shape index (κ1) is 13.9. The highest BCUT2D eigenvalue weighted by Gasteiger charge is 2.13. The summed E-state index contributed by atoms with van der Waals surface area (Å²) >= 11 is 7.56. The lowest BCUT2D eigenvalue weighted by Gasteiger charge is -2.00. The molecule has 106 valence electrons. The first-order valence-corrected chi connectivity index (χ1v) is 7.50. The fourth-order valence-electron chi connectivity index (χ4n) is 2.08. The Kier molecular flexibility index (Phi) is 3.57. The standard InChI is InChI=1S/C16H12ClNO2S/c1-9-15(10-3-2-4-12(17)7-10)18-16(21-9)11-5-6-13(19)14(20)8-11/h2-8,19-20H,1H3. The third-order valence-electron chi connectivity index (χ3n) is 3.12. The van der Waals surface area contributed by atoms with E-state index in [1.54, 1.807) is 6.07 Å². The molecule has 0 saturated heterocycles. The van der Waals surface area contributed by atoms with Crippen molar-refractivity contribution in [3.63, 3.8) is 0 Å². The van der Waals surface area contributed by atoms with Gasteiger partial charge in [-0.05, 0) is 37.3 Å². The summed E-state index contributed by atoms with van der Waals surface area (Å²) in [7, 11) is 0. The molecule has 1 heterocycles. The van der Waals surface area contributed by atoms with E-state index < -0.39 is 0 Å². The molecule has 0 unspecified atom stereocenters. The number of rotatable bonds is 2. The quantitative estimate of drug-likeness (QED) is 0.664. The van der Waals surface area contributed by atoms with Crippen LogP contribution in [0.25, 0.3) is 21.8 Å². The zero-order chi connectivity index (χ0) is 15.0. The second kappa shape index (κ2) is 5.39. The van der Waals surface area contributed by atoms with Crippen LogP contribution >= 0.6 is 22.9 Å². The number of aromatic nitrogens is 1. The van der Waals surface area contributed by atoms with Crippen molar-refractivity contribution in [2.45, 2.75) is 6.92 Å². The SMILES string of the molecule is Cc1sc(-c2ccc(O)c(O)c2)nc1-c1cccc(Cl)c1. The number of aryl methyl sites for hydroxylation is 1. The minimum Gasteiger partial charge on any atom is -0.504 e. The lowest BCUT2D eigenvalue weighted by atomic mass is 10.1. The maximum Gasteiger partial charge on any atom is 0.158 e. The summed E-state index contributed by atoms with van der Waals surface area (Å²) in [6.45, 7) is 2.00. The Hall–Kier alpha value is -2.04. The van der Waals surface area contributed by atoms with Gasteiger partial charge in [-0.2, -0.15) is 0 Å². The lowest BCUT2D eigenvalue weighted by molar-refractivity contribution is 0.404. The number of nitrogens with zero attached hydrogens (tertiary/aromatic N) is 1. The fraction of sp³-hybridized carbons (Fsp3) is 0.0625. The Labute approximate surface area is 131 Å². The monoisotopic (exact) mass is 317 g/mol. The number of hydrogen-bond acceptors (Lipinski definition) is 4. The van der Waals surface area contributed by atoms with Crippen molar-refractivity contribution >= 4 is 22.9 Å². The molecular formula is C16H12ClNO2S. The number of phenols is 2. The largest absolute Gasteiger partial charge is 0.504 e. The summed E-state index contributed by atoms with van der Waals surface area (Å²) in [5.74, 6) is -0.285. The number of phenolic OH excluding ortho intramolecular Hbond substituents is 2. The van der Waals surface area contributed by atoms with E-state index in [1.807, 2.05) is 31.2 Å². The summed E-state index contributed by atoms with van der Waals surface area (Å²) in [6.07, 6.45) is 0. The van der Waals surface area contributed by atoms with E-state index in [0.29, 0.717) is 5.02 Å². The van der Waals surface area contributed by atoms with E-state index in [0.717, 1.165) is 26.7 Å². The number of halogens is 1. The van der Waals surface area contributed by atoms with Gasteiger partial charge in [0.05, 0.1) is 5.69 Å². The summed E-state index contributed by atoms with van der Waals surface area (Å²) in [5.41, 5.74) is 2.61. The van der Waals surface area contributed by atoms with Crippen molar-refractivity contribution in [3.05, 3.63) is 52.4 Å². The van der Waals surface area contributed by atoms with Crippen LogP contribution < -0.4 is 0 Å². The van der Waals surface area contributed by atoms with Crippen molar-refractivity contribution < 1.29 is 10.2 Å². The second-order valence-corrected chi connectivity index (χ2v) is 6.28. The third kappa shape index (κ3) is 2.73. The zero-order valence-electron chi connectivity index (χ0n) is 11.2. The average Bonchev–Trinajstić information content (AvgIpc) is 2.84. The topological polar surface area (TPSA) is 53.4 Å². The molecule has 3 nitrogen and oxygen atoms in total. The molecular weight excluding hydrogens is 306 g/mol. The third-order valence-corrected chi connectivity index (χ3v) is 4.37. The van der Waals surface area contributed by atoms with E-state index in [2.05, 4.69) is 4.98 Å². The van der Waals surface area contributed by atoms with Gasteiger partial charge in [0.15, 0.2) is 11.5 Å². The van der Waals surface area contributed by atoms with Gasteiger partial charge in [0, 0.05) is 21.0 Å². The van der Waals surface area contributed by atoms with E-state index >= 15 is 0 Å². The van der Waals surface area contributed by atoms with Crippen LogP contribution in [-0.4, -0.2) is 15.2 Å². The minimum absolute atomic E-state index is 0.137. The second-order valence-electron chi connectivity index (χ2n) is 4.64. The van der Waals surface area contributed by atoms with Crippen LogP contribution in [0, 0.1) is 6.92 Å². The Morgan fingerprint density at radius 1 is 1.00 bits per heavy atom. The Balaban J connectivity index is 2.07. The van der Waals surface area contributed by atoms with E-state index in [9.17, 15) is 10.2 Å². The Morgan fingerprint density at radius 2 is 1.81 bits per heavy atom. The van der Waals surface area contributed by atoms with E-state index in [-0.39, 0.29) is 11.5 Å². The molecule has 0 aliphatic rings. The van der Waals surface area contributed by atoms with Crippen LogP contribution in [-0.2, 0) is 0 Å². The summed E-state index contributed by atoms with van der Waals surface area (Å²) in [4.78, 5) is 5.70. The number of benzene rings is 2. The number of aromatic hydroxyl groups is 2. The lowest BCUT2D eigenvalue weighted by Crippen LogP contribution is -1.81. The fourth-order valence-corrected chi connectivity index (χ4v) is 3.20. The molecule has 0 bridgehead atoms. The molecule has 3 aromatic rings. The van der Waals surface area contributed by atoms with Gasteiger partial charge in [-0.3, -0.25) is 0 Å². The molecule has 0 amide bonds. The van der Waals surface area contributed by atoms with Crippen LogP contribution in [0.15, 0.2) is 42.5 Å². The van der Waals surface area contributed by atoms with Gasteiger partial charge in [0.25, 0.3) is 0 Å². The van der Waals surface area contributed by atoms with Crippen molar-refractivity contribution in [2.75, 3.05) is 0 Å². The van der Waals surface area contributed by atoms with Crippen LogP contribution in [0.2, 0.25) is 5.02 Å². The van der Waals surface area contributed by atoms with Gasteiger partial charge in [-0.15, -0.1) is 11.3 Å². The van der Waals surface area contributed by atoms with Crippen molar-refractivity contribution in [3.8, 4) is 33.3 Å². The maximum atomic E-state index is 9.60. The summed E-state index contributed by atoms with van der Waals surface area (Å²) < 4.78 is 0. The Morgan fingerprint density at radius 3 is 2.52 bits per heavy atom. The van der Waals surface area contributed by atoms with Crippen LogP contribution in [0.4, 0.5) is 0 Å². The van der Waals surface area contributed by atoms with Gasteiger partial charge in [-0.1, -0.05) is 23.7 Å². The molecule has 0 atom stereocenters. The van der Waals surface area contributed by atoms with Crippen molar-refractivity contribution in [1.29, 1.82) is 0 Å².